The standard InChI is InChI=1S/C59H113NO8/c1-3-5-7-9-11-13-15-17-19-20-21-22-23-24-25-26-27-28-29-30-31-32-33-35-36-38-40-42-44-46-48-53(62)52(51-67-59-58(66)57(65)56(64)54(50-61)68-59)60-55(63)49-47-45-43-41-39-37-34-18-16-14-12-10-8-6-4-2/h18,34,46,48,52-54,56-59,61-62,64-66H,3-17,19-33,35-45,47,49-51H2,1-2H3,(H,60,63)/b34-18-,48-46+. The Morgan fingerprint density at radius 3 is 1.19 bits per heavy atom. The highest BCUT2D eigenvalue weighted by Crippen LogP contribution is 2.23. The topological polar surface area (TPSA) is 149 Å². The van der Waals surface area contributed by atoms with Crippen molar-refractivity contribution in [1.82, 2.24) is 5.32 Å². The zero-order chi connectivity index (χ0) is 49.4. The smallest absolute Gasteiger partial charge is 0.220 e. The van der Waals surface area contributed by atoms with Gasteiger partial charge in [0.05, 0.1) is 25.4 Å². The number of ether oxygens (including phenoxy) is 2. The third kappa shape index (κ3) is 38.4. The van der Waals surface area contributed by atoms with Crippen LogP contribution in [0.1, 0.15) is 290 Å². The molecule has 1 aliphatic rings. The van der Waals surface area contributed by atoms with Gasteiger partial charge < -0.3 is 40.3 Å². The molecular formula is C59H113NO8. The number of rotatable bonds is 51. The van der Waals surface area contributed by atoms with Gasteiger partial charge in [-0.2, -0.15) is 0 Å². The summed E-state index contributed by atoms with van der Waals surface area (Å²) in [6.07, 6.45) is 55.4. The summed E-state index contributed by atoms with van der Waals surface area (Å²) < 4.78 is 11.3. The monoisotopic (exact) mass is 964 g/mol. The van der Waals surface area contributed by atoms with E-state index in [0.717, 1.165) is 57.8 Å². The lowest BCUT2D eigenvalue weighted by atomic mass is 9.99. The molecule has 6 N–H and O–H groups in total. The van der Waals surface area contributed by atoms with Crippen LogP contribution in [0.2, 0.25) is 0 Å². The third-order valence-corrected chi connectivity index (χ3v) is 14.3. The summed E-state index contributed by atoms with van der Waals surface area (Å²) in [7, 11) is 0. The van der Waals surface area contributed by atoms with Gasteiger partial charge in [0.25, 0.3) is 0 Å². The van der Waals surface area contributed by atoms with Crippen LogP contribution < -0.4 is 5.32 Å². The van der Waals surface area contributed by atoms with Crippen molar-refractivity contribution in [1.29, 1.82) is 0 Å². The van der Waals surface area contributed by atoms with Crippen LogP contribution in [0.5, 0.6) is 0 Å². The highest BCUT2D eigenvalue weighted by atomic mass is 16.7. The maximum absolute atomic E-state index is 13.0. The average Bonchev–Trinajstić information content (AvgIpc) is 3.34. The number of nitrogens with one attached hydrogen (secondary N) is 1. The number of aliphatic hydroxyl groups excluding tert-OH is 5. The zero-order valence-corrected chi connectivity index (χ0v) is 44.6. The molecular weight excluding hydrogens is 851 g/mol. The fourth-order valence-electron chi connectivity index (χ4n) is 9.57. The van der Waals surface area contributed by atoms with E-state index in [2.05, 4.69) is 31.3 Å². The van der Waals surface area contributed by atoms with Gasteiger partial charge in [-0.15, -0.1) is 0 Å². The predicted molar refractivity (Wildman–Crippen MR) is 286 cm³/mol. The fraction of sp³-hybridized carbons (Fsp3) is 0.915. The quantitative estimate of drug-likeness (QED) is 0.0261. The number of unbranched alkanes of at least 4 members (excludes halogenated alkanes) is 39. The van der Waals surface area contributed by atoms with Gasteiger partial charge in [-0.1, -0.05) is 263 Å². The van der Waals surface area contributed by atoms with Crippen molar-refractivity contribution in [3.63, 3.8) is 0 Å². The molecule has 1 aliphatic heterocycles. The number of aliphatic hydroxyl groups is 5. The van der Waals surface area contributed by atoms with Gasteiger partial charge in [-0.05, 0) is 44.9 Å². The number of allylic oxidation sites excluding steroid dienone is 3. The van der Waals surface area contributed by atoms with E-state index >= 15 is 0 Å². The van der Waals surface area contributed by atoms with Crippen LogP contribution in [0, 0.1) is 0 Å². The Labute approximate surface area is 419 Å². The van der Waals surface area contributed by atoms with Gasteiger partial charge in [0.15, 0.2) is 6.29 Å². The van der Waals surface area contributed by atoms with Crippen molar-refractivity contribution in [2.75, 3.05) is 13.2 Å². The number of hydrogen-bond acceptors (Lipinski definition) is 8. The minimum atomic E-state index is -1.57. The Kier molecular flexibility index (Phi) is 46.9. The van der Waals surface area contributed by atoms with Gasteiger partial charge in [-0.25, -0.2) is 0 Å². The summed E-state index contributed by atoms with van der Waals surface area (Å²) in [5, 5.41) is 54.5. The number of amides is 1. The van der Waals surface area contributed by atoms with Crippen molar-refractivity contribution < 1.29 is 39.8 Å². The second kappa shape index (κ2) is 49.3. The molecule has 9 heteroatoms. The molecule has 1 fully saturated rings. The molecule has 0 radical (unpaired) electrons. The highest BCUT2D eigenvalue weighted by molar-refractivity contribution is 5.76. The van der Waals surface area contributed by atoms with Crippen LogP contribution >= 0.6 is 0 Å². The lowest BCUT2D eigenvalue weighted by Gasteiger charge is -2.40. The van der Waals surface area contributed by atoms with Gasteiger partial charge in [0.2, 0.25) is 5.91 Å². The number of carbonyl (C=O) groups is 1. The summed E-state index contributed by atoms with van der Waals surface area (Å²) in [5.41, 5.74) is 0. The normalized spacial score (nSPS) is 19.7. The Morgan fingerprint density at radius 1 is 0.485 bits per heavy atom. The summed E-state index contributed by atoms with van der Waals surface area (Å²) in [4.78, 5) is 13.0. The lowest BCUT2D eigenvalue weighted by molar-refractivity contribution is -0.302. The van der Waals surface area contributed by atoms with Crippen molar-refractivity contribution in [2.45, 2.75) is 333 Å². The first-order valence-corrected chi connectivity index (χ1v) is 29.6. The molecule has 0 aromatic rings. The molecule has 0 bridgehead atoms. The van der Waals surface area contributed by atoms with E-state index in [0.29, 0.717) is 6.42 Å². The Morgan fingerprint density at radius 2 is 0.824 bits per heavy atom. The van der Waals surface area contributed by atoms with E-state index in [-0.39, 0.29) is 12.5 Å². The van der Waals surface area contributed by atoms with Crippen LogP contribution in [0.15, 0.2) is 24.3 Å². The van der Waals surface area contributed by atoms with Crippen LogP contribution in [0.25, 0.3) is 0 Å². The molecule has 1 amide bonds. The lowest BCUT2D eigenvalue weighted by Crippen LogP contribution is -2.60. The predicted octanol–water partition coefficient (Wildman–Crippen LogP) is 14.6. The van der Waals surface area contributed by atoms with E-state index in [1.54, 1.807) is 6.08 Å². The van der Waals surface area contributed by atoms with Crippen molar-refractivity contribution >= 4 is 5.91 Å². The van der Waals surface area contributed by atoms with E-state index in [4.69, 9.17) is 9.47 Å². The van der Waals surface area contributed by atoms with Crippen LogP contribution in [0.4, 0.5) is 0 Å². The molecule has 0 saturated carbocycles. The fourth-order valence-corrected chi connectivity index (χ4v) is 9.57. The van der Waals surface area contributed by atoms with Gasteiger partial charge in [0, 0.05) is 6.42 Å². The minimum absolute atomic E-state index is 0.182. The Bertz CT molecular complexity index is 1120. The molecule has 1 saturated heterocycles. The molecule has 1 heterocycles. The molecule has 1 rings (SSSR count). The first kappa shape index (κ1) is 64.7. The summed E-state index contributed by atoms with van der Waals surface area (Å²) in [5.74, 6) is -0.182. The Balaban J connectivity index is 2.17. The van der Waals surface area contributed by atoms with Gasteiger partial charge in [0.1, 0.15) is 24.4 Å². The SMILES string of the molecule is CCCCCCCC/C=C\CCCCCCCC(=O)NC(COC1OC(CO)C(O)C(O)C1O)C(O)/C=C/CCCCCCCCCCCCCCCCCCCCCCCCCCCCCC. The summed E-state index contributed by atoms with van der Waals surface area (Å²) in [6.45, 7) is 3.80. The maximum Gasteiger partial charge on any atom is 0.220 e. The average molecular weight is 965 g/mol. The van der Waals surface area contributed by atoms with Crippen molar-refractivity contribution in [3.8, 4) is 0 Å². The summed E-state index contributed by atoms with van der Waals surface area (Å²) >= 11 is 0. The first-order valence-electron chi connectivity index (χ1n) is 29.6. The second-order valence-corrected chi connectivity index (χ2v) is 20.8. The Hall–Kier alpha value is -1.33. The van der Waals surface area contributed by atoms with Crippen LogP contribution in [-0.4, -0.2) is 87.5 Å². The molecule has 0 aliphatic carbocycles. The van der Waals surface area contributed by atoms with E-state index in [1.165, 1.54) is 212 Å². The number of hydrogen-bond donors (Lipinski definition) is 6. The van der Waals surface area contributed by atoms with Crippen LogP contribution in [0.3, 0.4) is 0 Å². The van der Waals surface area contributed by atoms with Gasteiger partial charge in [-0.3, -0.25) is 4.79 Å². The molecule has 0 aromatic heterocycles. The first-order chi connectivity index (χ1) is 33.3. The van der Waals surface area contributed by atoms with Gasteiger partial charge >= 0.3 is 0 Å². The molecule has 0 aromatic carbocycles. The van der Waals surface area contributed by atoms with E-state index in [9.17, 15) is 30.3 Å². The van der Waals surface area contributed by atoms with Crippen molar-refractivity contribution in [2.24, 2.45) is 0 Å². The maximum atomic E-state index is 13.0. The summed E-state index contributed by atoms with van der Waals surface area (Å²) in [6, 6.07) is -0.807. The molecule has 7 unspecified atom stereocenters. The number of carbonyl (C=O) groups excluding carboxylic acids is 1. The minimum Gasteiger partial charge on any atom is -0.394 e. The van der Waals surface area contributed by atoms with Crippen molar-refractivity contribution in [3.05, 3.63) is 24.3 Å². The molecule has 7 atom stereocenters. The zero-order valence-electron chi connectivity index (χ0n) is 44.6. The molecule has 0 spiro atoms. The second-order valence-electron chi connectivity index (χ2n) is 20.8. The molecule has 9 nitrogen and oxygen atoms in total. The molecule has 68 heavy (non-hydrogen) atoms. The highest BCUT2D eigenvalue weighted by Gasteiger charge is 2.44. The van der Waals surface area contributed by atoms with E-state index < -0.39 is 49.5 Å². The third-order valence-electron chi connectivity index (χ3n) is 14.3. The van der Waals surface area contributed by atoms with Crippen LogP contribution in [-0.2, 0) is 14.3 Å². The van der Waals surface area contributed by atoms with E-state index in [1.807, 2.05) is 6.08 Å². The largest absolute Gasteiger partial charge is 0.394 e. The molecule has 402 valence electrons.